The van der Waals surface area contributed by atoms with Gasteiger partial charge in [-0.25, -0.2) is 0 Å². The number of aldehydes is 1. The quantitative estimate of drug-likeness (QED) is 0.678. The van der Waals surface area contributed by atoms with Gasteiger partial charge in [0.15, 0.2) is 6.29 Å². The predicted molar refractivity (Wildman–Crippen MR) is 46.5 cm³/mol. The van der Waals surface area contributed by atoms with Gasteiger partial charge in [-0.1, -0.05) is 6.07 Å². The van der Waals surface area contributed by atoms with Gasteiger partial charge in [-0.3, -0.25) is 9.59 Å². The van der Waals surface area contributed by atoms with Crippen LogP contribution in [0.5, 0.6) is 5.75 Å². The fraction of sp³-hybridized carbons (Fsp3) is 0.111. The first-order chi connectivity index (χ1) is 6.24. The van der Waals surface area contributed by atoms with Gasteiger partial charge in [0.2, 0.25) is 5.91 Å². The highest BCUT2D eigenvalue weighted by Gasteiger charge is 2.00. The monoisotopic (exact) mass is 179 g/mol. The van der Waals surface area contributed by atoms with Crippen LogP contribution in [0.1, 0.15) is 10.4 Å². The molecule has 0 bridgehead atoms. The summed E-state index contributed by atoms with van der Waals surface area (Å²) in [5.41, 5.74) is 5.41. The molecule has 0 radical (unpaired) electrons. The number of carbonyl (C=O) groups excluding carboxylic acids is 2. The Hall–Kier alpha value is -1.84. The number of benzene rings is 1. The second kappa shape index (κ2) is 4.25. The van der Waals surface area contributed by atoms with E-state index in [2.05, 4.69) is 0 Å². The third-order valence-electron chi connectivity index (χ3n) is 1.44. The zero-order valence-electron chi connectivity index (χ0n) is 6.90. The molecule has 0 aliphatic carbocycles. The fourth-order valence-corrected chi connectivity index (χ4v) is 0.869. The van der Waals surface area contributed by atoms with Crippen molar-refractivity contribution in [2.45, 2.75) is 0 Å². The molecule has 2 N–H and O–H groups in total. The van der Waals surface area contributed by atoms with Crippen molar-refractivity contribution >= 4 is 12.2 Å². The molecule has 68 valence electrons. The highest BCUT2D eigenvalue weighted by atomic mass is 16.5. The molecule has 0 heterocycles. The van der Waals surface area contributed by atoms with Crippen LogP contribution < -0.4 is 10.5 Å². The number of primary amides is 1. The van der Waals surface area contributed by atoms with E-state index in [-0.39, 0.29) is 6.61 Å². The minimum atomic E-state index is -0.517. The van der Waals surface area contributed by atoms with Crippen LogP contribution in [0, 0.1) is 0 Å². The average Bonchev–Trinajstić information content (AvgIpc) is 2.15. The summed E-state index contributed by atoms with van der Waals surface area (Å²) in [6, 6.07) is 6.36. The summed E-state index contributed by atoms with van der Waals surface area (Å²) < 4.78 is 4.97. The zero-order valence-corrected chi connectivity index (χ0v) is 6.90. The van der Waals surface area contributed by atoms with Crippen LogP contribution in [0.4, 0.5) is 0 Å². The van der Waals surface area contributed by atoms with E-state index in [9.17, 15) is 9.59 Å². The van der Waals surface area contributed by atoms with E-state index in [1.54, 1.807) is 18.2 Å². The van der Waals surface area contributed by atoms with E-state index >= 15 is 0 Å². The molecule has 0 spiro atoms. The third kappa shape index (κ3) is 2.59. The predicted octanol–water partition coefficient (Wildman–Crippen LogP) is 0.363. The highest BCUT2D eigenvalue weighted by Crippen LogP contribution is 2.12. The number of hydrogen-bond acceptors (Lipinski definition) is 3. The Morgan fingerprint density at radius 2 is 2.31 bits per heavy atom. The minimum Gasteiger partial charge on any atom is -0.486 e. The summed E-state index contributed by atoms with van der Waals surface area (Å²) in [7, 11) is 0. The summed E-state index contributed by atoms with van der Waals surface area (Å²) in [5.74, 6) is -0.0556. The molecule has 4 nitrogen and oxygen atoms in total. The summed E-state index contributed by atoms with van der Waals surface area (Å²) in [6.07, 6.45) is 0.636. The maximum absolute atomic E-state index is 10.7. The number of carbonyl (C=O) groups is 2. The molecule has 0 aliphatic rings. The number of hydrogen-bond donors (Lipinski definition) is 1. The van der Waals surface area contributed by atoms with Crippen molar-refractivity contribution in [1.82, 2.24) is 0 Å². The molecule has 0 atom stereocenters. The standard InChI is InChI=1S/C9H9NO3/c10-9(12)7-2-1-3-8(6-7)13-5-4-11/h1-4,6H,5H2,(H2,10,12). The van der Waals surface area contributed by atoms with E-state index in [4.69, 9.17) is 10.5 Å². The molecule has 1 aromatic carbocycles. The van der Waals surface area contributed by atoms with Gasteiger partial charge in [0.25, 0.3) is 0 Å². The van der Waals surface area contributed by atoms with Crippen LogP contribution in [0.15, 0.2) is 24.3 Å². The van der Waals surface area contributed by atoms with Crippen molar-refractivity contribution in [3.05, 3.63) is 29.8 Å². The van der Waals surface area contributed by atoms with Crippen molar-refractivity contribution in [3.8, 4) is 5.75 Å². The van der Waals surface area contributed by atoms with Crippen LogP contribution in [-0.4, -0.2) is 18.8 Å². The SMILES string of the molecule is NC(=O)c1cccc(OCC=O)c1. The van der Waals surface area contributed by atoms with Gasteiger partial charge in [0.05, 0.1) is 0 Å². The number of rotatable bonds is 4. The Bertz CT molecular complexity index is 322. The third-order valence-corrected chi connectivity index (χ3v) is 1.44. The summed E-state index contributed by atoms with van der Waals surface area (Å²) >= 11 is 0. The molecule has 1 rings (SSSR count). The Morgan fingerprint density at radius 3 is 2.92 bits per heavy atom. The van der Waals surface area contributed by atoms with Crippen LogP contribution in [0.25, 0.3) is 0 Å². The smallest absolute Gasteiger partial charge is 0.248 e. The van der Waals surface area contributed by atoms with Gasteiger partial charge >= 0.3 is 0 Å². The second-order valence-corrected chi connectivity index (χ2v) is 2.37. The normalized spacial score (nSPS) is 9.23. The van der Waals surface area contributed by atoms with E-state index in [1.807, 2.05) is 0 Å². The van der Waals surface area contributed by atoms with Gasteiger partial charge in [-0.2, -0.15) is 0 Å². The lowest BCUT2D eigenvalue weighted by molar-refractivity contribution is -0.109. The molecule has 0 aromatic heterocycles. The largest absolute Gasteiger partial charge is 0.486 e. The Kier molecular flexibility index (Phi) is 3.03. The van der Waals surface area contributed by atoms with Crippen LogP contribution >= 0.6 is 0 Å². The second-order valence-electron chi connectivity index (χ2n) is 2.37. The van der Waals surface area contributed by atoms with E-state index in [1.165, 1.54) is 6.07 Å². The van der Waals surface area contributed by atoms with Gasteiger partial charge < -0.3 is 10.5 Å². The molecule has 0 saturated heterocycles. The summed E-state index contributed by atoms with van der Waals surface area (Å²) in [6.45, 7) is -0.0256. The molecule has 1 amide bonds. The first-order valence-corrected chi connectivity index (χ1v) is 3.70. The highest BCUT2D eigenvalue weighted by molar-refractivity contribution is 5.93. The fourth-order valence-electron chi connectivity index (χ4n) is 0.869. The summed E-state index contributed by atoms with van der Waals surface area (Å²) in [4.78, 5) is 20.7. The van der Waals surface area contributed by atoms with Crippen molar-refractivity contribution in [1.29, 1.82) is 0 Å². The van der Waals surface area contributed by atoms with Gasteiger partial charge in [0, 0.05) is 5.56 Å². The average molecular weight is 179 g/mol. The van der Waals surface area contributed by atoms with E-state index in [0.717, 1.165) is 0 Å². The van der Waals surface area contributed by atoms with Gasteiger partial charge in [0.1, 0.15) is 12.4 Å². The Balaban J connectivity index is 2.79. The molecule has 0 fully saturated rings. The van der Waals surface area contributed by atoms with Crippen molar-refractivity contribution < 1.29 is 14.3 Å². The summed E-state index contributed by atoms with van der Waals surface area (Å²) in [5, 5.41) is 0. The molecular weight excluding hydrogens is 170 g/mol. The molecule has 0 saturated carbocycles. The molecule has 0 aliphatic heterocycles. The van der Waals surface area contributed by atoms with Crippen molar-refractivity contribution in [2.24, 2.45) is 5.73 Å². The maximum Gasteiger partial charge on any atom is 0.248 e. The maximum atomic E-state index is 10.7. The van der Waals surface area contributed by atoms with Crippen LogP contribution in [0.3, 0.4) is 0 Å². The van der Waals surface area contributed by atoms with E-state index < -0.39 is 5.91 Å². The number of ether oxygens (including phenoxy) is 1. The van der Waals surface area contributed by atoms with Gasteiger partial charge in [-0.05, 0) is 18.2 Å². The van der Waals surface area contributed by atoms with Crippen LogP contribution in [0.2, 0.25) is 0 Å². The molecular formula is C9H9NO3. The number of nitrogens with two attached hydrogens (primary N) is 1. The van der Waals surface area contributed by atoms with Gasteiger partial charge in [-0.15, -0.1) is 0 Å². The minimum absolute atomic E-state index is 0.0256. The lowest BCUT2D eigenvalue weighted by Gasteiger charge is -2.02. The molecule has 13 heavy (non-hydrogen) atoms. The lowest BCUT2D eigenvalue weighted by atomic mass is 10.2. The molecule has 0 unspecified atom stereocenters. The van der Waals surface area contributed by atoms with Crippen LogP contribution in [-0.2, 0) is 4.79 Å². The Morgan fingerprint density at radius 1 is 1.54 bits per heavy atom. The first-order valence-electron chi connectivity index (χ1n) is 3.70. The van der Waals surface area contributed by atoms with Crippen molar-refractivity contribution in [2.75, 3.05) is 6.61 Å². The lowest BCUT2D eigenvalue weighted by Crippen LogP contribution is -2.10. The number of amides is 1. The topological polar surface area (TPSA) is 69.4 Å². The zero-order chi connectivity index (χ0) is 9.68. The molecule has 4 heteroatoms. The molecule has 1 aromatic rings. The van der Waals surface area contributed by atoms with E-state index in [0.29, 0.717) is 17.6 Å². The van der Waals surface area contributed by atoms with Crippen molar-refractivity contribution in [3.63, 3.8) is 0 Å². The first kappa shape index (κ1) is 9.25. The Labute approximate surface area is 75.3 Å².